The molecule has 2 aliphatic rings. The van der Waals surface area contributed by atoms with E-state index in [1.54, 1.807) is 0 Å². The summed E-state index contributed by atoms with van der Waals surface area (Å²) >= 11 is 0. The summed E-state index contributed by atoms with van der Waals surface area (Å²) < 4.78 is 5.76. The molecule has 1 aliphatic carbocycles. The lowest BCUT2D eigenvalue weighted by Gasteiger charge is -2.26. The van der Waals surface area contributed by atoms with Crippen LogP contribution >= 0.6 is 0 Å². The van der Waals surface area contributed by atoms with Gasteiger partial charge in [0.05, 0.1) is 6.10 Å². The fraction of sp³-hybridized carbons (Fsp3) is 1.00. The first-order valence-electron chi connectivity index (χ1n) is 6.69. The van der Waals surface area contributed by atoms with Gasteiger partial charge in [0.25, 0.3) is 0 Å². The zero-order valence-corrected chi connectivity index (χ0v) is 10.0. The lowest BCUT2D eigenvalue weighted by molar-refractivity contribution is 0.0819. The highest BCUT2D eigenvalue weighted by Crippen LogP contribution is 2.30. The van der Waals surface area contributed by atoms with E-state index in [2.05, 4.69) is 12.4 Å². The van der Waals surface area contributed by atoms with Crippen LogP contribution in [0, 0.1) is 5.92 Å². The van der Waals surface area contributed by atoms with Crippen molar-refractivity contribution < 1.29 is 4.74 Å². The lowest BCUT2D eigenvalue weighted by atomic mass is 9.88. The Hall–Kier alpha value is -0.0800. The molecule has 0 aromatic heterocycles. The monoisotopic (exact) mass is 211 g/mol. The average Bonchev–Trinajstić information content (AvgIpc) is 2.64. The quantitative estimate of drug-likeness (QED) is 0.725. The molecule has 0 aromatic rings. The van der Waals surface area contributed by atoms with E-state index in [1.165, 1.54) is 51.4 Å². The number of hydrogen-bond acceptors (Lipinski definition) is 2. The molecule has 0 bridgehead atoms. The zero-order chi connectivity index (χ0) is 10.5. The molecule has 0 radical (unpaired) electrons. The van der Waals surface area contributed by atoms with Crippen molar-refractivity contribution in [2.24, 2.45) is 5.92 Å². The largest absolute Gasteiger partial charge is 0.378 e. The molecule has 3 unspecified atom stereocenters. The van der Waals surface area contributed by atoms with Gasteiger partial charge in [0.2, 0.25) is 0 Å². The Kier molecular flexibility index (Phi) is 4.45. The molecule has 2 rings (SSSR count). The third-order valence-corrected chi connectivity index (χ3v) is 4.12. The second kappa shape index (κ2) is 5.86. The molecule has 15 heavy (non-hydrogen) atoms. The molecule has 3 atom stereocenters. The first kappa shape index (κ1) is 11.4. The molecule has 0 spiro atoms. The second-order valence-electron chi connectivity index (χ2n) is 5.16. The second-order valence-corrected chi connectivity index (χ2v) is 5.16. The summed E-state index contributed by atoms with van der Waals surface area (Å²) in [5.41, 5.74) is 0. The highest BCUT2D eigenvalue weighted by atomic mass is 16.5. The number of hydrogen-bond donors (Lipinski definition) is 1. The van der Waals surface area contributed by atoms with Crippen LogP contribution in [0.15, 0.2) is 0 Å². The number of ether oxygens (including phenoxy) is 1. The molecule has 0 aromatic carbocycles. The van der Waals surface area contributed by atoms with Gasteiger partial charge >= 0.3 is 0 Å². The van der Waals surface area contributed by atoms with Crippen molar-refractivity contribution in [3.05, 3.63) is 0 Å². The molecular formula is C13H25NO. The Morgan fingerprint density at radius 1 is 1.07 bits per heavy atom. The maximum absolute atomic E-state index is 5.76. The molecule has 2 heteroatoms. The van der Waals surface area contributed by atoms with Gasteiger partial charge in [-0.25, -0.2) is 0 Å². The molecule has 2 fully saturated rings. The fourth-order valence-corrected chi connectivity index (χ4v) is 3.21. The van der Waals surface area contributed by atoms with Crippen molar-refractivity contribution >= 4 is 0 Å². The van der Waals surface area contributed by atoms with Crippen molar-refractivity contribution in [2.45, 2.75) is 63.5 Å². The molecule has 0 amide bonds. The first-order chi connectivity index (χ1) is 7.40. The van der Waals surface area contributed by atoms with Gasteiger partial charge in [-0.05, 0) is 45.1 Å². The average molecular weight is 211 g/mol. The van der Waals surface area contributed by atoms with Gasteiger partial charge in [0.1, 0.15) is 0 Å². The van der Waals surface area contributed by atoms with E-state index < -0.39 is 0 Å². The minimum atomic E-state index is 0.573. The maximum Gasteiger partial charge on any atom is 0.0579 e. The highest BCUT2D eigenvalue weighted by molar-refractivity contribution is 4.81. The normalized spacial score (nSPS) is 37.8. The summed E-state index contributed by atoms with van der Waals surface area (Å²) in [6.45, 7) is 1.00. The van der Waals surface area contributed by atoms with E-state index in [0.717, 1.165) is 18.6 Å². The van der Waals surface area contributed by atoms with Crippen LogP contribution in [0.3, 0.4) is 0 Å². The summed E-state index contributed by atoms with van der Waals surface area (Å²) in [6, 6.07) is 0.747. The molecule has 88 valence electrons. The molecule has 2 nitrogen and oxygen atoms in total. The van der Waals surface area contributed by atoms with Gasteiger partial charge in [-0.1, -0.05) is 19.3 Å². The van der Waals surface area contributed by atoms with Crippen molar-refractivity contribution in [1.29, 1.82) is 0 Å². The van der Waals surface area contributed by atoms with Gasteiger partial charge in [0, 0.05) is 12.6 Å². The van der Waals surface area contributed by atoms with Gasteiger partial charge in [-0.2, -0.15) is 0 Å². The molecule has 1 aliphatic heterocycles. The van der Waals surface area contributed by atoms with E-state index >= 15 is 0 Å². The number of rotatable bonds is 3. The van der Waals surface area contributed by atoms with Crippen molar-refractivity contribution in [1.82, 2.24) is 5.32 Å². The van der Waals surface area contributed by atoms with Crippen LogP contribution in [0.5, 0.6) is 0 Å². The molecule has 1 heterocycles. The van der Waals surface area contributed by atoms with Crippen molar-refractivity contribution in [3.63, 3.8) is 0 Å². The van der Waals surface area contributed by atoms with Gasteiger partial charge < -0.3 is 10.1 Å². The Balaban J connectivity index is 1.85. The molecule has 1 saturated heterocycles. The summed E-state index contributed by atoms with van der Waals surface area (Å²) in [7, 11) is 2.12. The minimum absolute atomic E-state index is 0.573. The van der Waals surface area contributed by atoms with E-state index in [1.807, 2.05) is 0 Å². The Labute approximate surface area is 93.8 Å². The Morgan fingerprint density at radius 2 is 1.93 bits per heavy atom. The number of nitrogens with one attached hydrogen (secondary N) is 1. The SMILES string of the molecule is CNC1CCCCCC1CC1CCCO1. The predicted molar refractivity (Wildman–Crippen MR) is 63.0 cm³/mol. The smallest absolute Gasteiger partial charge is 0.0579 e. The van der Waals surface area contributed by atoms with Crippen molar-refractivity contribution in [2.75, 3.05) is 13.7 Å². The van der Waals surface area contributed by atoms with Gasteiger partial charge in [-0.3, -0.25) is 0 Å². The first-order valence-corrected chi connectivity index (χ1v) is 6.69. The third kappa shape index (κ3) is 3.18. The Morgan fingerprint density at radius 3 is 2.67 bits per heavy atom. The lowest BCUT2D eigenvalue weighted by Crippen LogP contribution is -2.34. The van der Waals surface area contributed by atoms with Crippen molar-refractivity contribution in [3.8, 4) is 0 Å². The van der Waals surface area contributed by atoms with E-state index in [4.69, 9.17) is 4.74 Å². The van der Waals surface area contributed by atoms with Crippen LogP contribution in [-0.4, -0.2) is 25.8 Å². The van der Waals surface area contributed by atoms with Crippen LogP contribution in [0.2, 0.25) is 0 Å². The fourth-order valence-electron chi connectivity index (χ4n) is 3.21. The van der Waals surface area contributed by atoms with Gasteiger partial charge in [0.15, 0.2) is 0 Å². The van der Waals surface area contributed by atoms with Crippen LogP contribution in [0.1, 0.15) is 51.4 Å². The standard InChI is InChI=1S/C13H25NO/c1-14-13-8-4-2-3-6-11(13)10-12-7-5-9-15-12/h11-14H,2-10H2,1H3. The molecular weight excluding hydrogens is 186 g/mol. The van der Waals surface area contributed by atoms with Crippen LogP contribution < -0.4 is 5.32 Å². The van der Waals surface area contributed by atoms with E-state index in [-0.39, 0.29) is 0 Å². The summed E-state index contributed by atoms with van der Waals surface area (Å²) in [5.74, 6) is 0.862. The third-order valence-electron chi connectivity index (χ3n) is 4.12. The van der Waals surface area contributed by atoms with E-state index in [0.29, 0.717) is 6.10 Å². The minimum Gasteiger partial charge on any atom is -0.378 e. The summed E-state index contributed by atoms with van der Waals surface area (Å²) in [4.78, 5) is 0. The molecule has 1 saturated carbocycles. The predicted octanol–water partition coefficient (Wildman–Crippen LogP) is 2.72. The van der Waals surface area contributed by atoms with E-state index in [9.17, 15) is 0 Å². The Bertz CT molecular complexity index is 177. The van der Waals surface area contributed by atoms with Crippen LogP contribution in [-0.2, 0) is 4.74 Å². The van der Waals surface area contributed by atoms with Crippen LogP contribution in [0.4, 0.5) is 0 Å². The van der Waals surface area contributed by atoms with Crippen LogP contribution in [0.25, 0.3) is 0 Å². The topological polar surface area (TPSA) is 21.3 Å². The maximum atomic E-state index is 5.76. The van der Waals surface area contributed by atoms with Gasteiger partial charge in [-0.15, -0.1) is 0 Å². The molecule has 1 N–H and O–H groups in total. The summed E-state index contributed by atoms with van der Waals surface area (Å²) in [5, 5.41) is 3.51. The highest BCUT2D eigenvalue weighted by Gasteiger charge is 2.27. The zero-order valence-electron chi connectivity index (χ0n) is 10.0. The summed E-state index contributed by atoms with van der Waals surface area (Å²) in [6.07, 6.45) is 11.5.